The van der Waals surface area contributed by atoms with E-state index in [0.717, 1.165) is 28.2 Å². The number of nitrogens with zero attached hydrogens (tertiary/aromatic N) is 2. The third kappa shape index (κ3) is 5.20. The van der Waals surface area contributed by atoms with E-state index >= 15 is 0 Å². The molecule has 3 rings (SSSR count). The normalized spacial score (nSPS) is 11.9. The summed E-state index contributed by atoms with van der Waals surface area (Å²) in [4.78, 5) is 25.6. The quantitative estimate of drug-likeness (QED) is 0.612. The SMILES string of the molecule is Cc1cccc(C(=O)NC(C(=O)NCc2c(C)nn(-c3ccccc3)c2C)C(C)C)c1. The number of carbonyl (C=O) groups excluding carboxylic acids is 2. The van der Waals surface area contributed by atoms with E-state index in [-0.39, 0.29) is 17.7 Å². The van der Waals surface area contributed by atoms with Crippen molar-refractivity contribution in [1.82, 2.24) is 20.4 Å². The zero-order valence-electron chi connectivity index (χ0n) is 18.8. The van der Waals surface area contributed by atoms with E-state index in [1.54, 1.807) is 6.07 Å². The van der Waals surface area contributed by atoms with Crippen LogP contribution in [0.1, 0.15) is 46.7 Å². The predicted octanol–water partition coefficient (Wildman–Crippen LogP) is 3.87. The van der Waals surface area contributed by atoms with E-state index in [9.17, 15) is 9.59 Å². The first-order valence-corrected chi connectivity index (χ1v) is 10.5. The monoisotopic (exact) mass is 418 g/mol. The van der Waals surface area contributed by atoms with Crippen LogP contribution in [0.3, 0.4) is 0 Å². The van der Waals surface area contributed by atoms with Gasteiger partial charge in [-0.3, -0.25) is 9.59 Å². The van der Waals surface area contributed by atoms with Gasteiger partial charge in [0.05, 0.1) is 11.4 Å². The van der Waals surface area contributed by atoms with Crippen molar-refractivity contribution in [3.63, 3.8) is 0 Å². The van der Waals surface area contributed by atoms with Crippen LogP contribution < -0.4 is 10.6 Å². The molecule has 0 bridgehead atoms. The largest absolute Gasteiger partial charge is 0.350 e. The summed E-state index contributed by atoms with van der Waals surface area (Å²) in [6.45, 7) is 10.1. The highest BCUT2D eigenvalue weighted by molar-refractivity contribution is 5.97. The Bertz CT molecular complexity index is 1070. The molecule has 2 amide bonds. The smallest absolute Gasteiger partial charge is 0.251 e. The number of aryl methyl sites for hydroxylation is 2. The van der Waals surface area contributed by atoms with Gasteiger partial charge >= 0.3 is 0 Å². The summed E-state index contributed by atoms with van der Waals surface area (Å²) >= 11 is 0. The number of benzene rings is 2. The number of amides is 2. The molecule has 1 heterocycles. The Hall–Kier alpha value is -3.41. The second kappa shape index (κ2) is 9.60. The zero-order valence-corrected chi connectivity index (χ0v) is 18.8. The third-order valence-corrected chi connectivity index (χ3v) is 5.40. The van der Waals surface area contributed by atoms with E-state index in [1.807, 2.05) is 87.8 Å². The van der Waals surface area contributed by atoms with Crippen molar-refractivity contribution in [2.24, 2.45) is 5.92 Å². The number of hydrogen-bond acceptors (Lipinski definition) is 3. The molecule has 0 aliphatic heterocycles. The van der Waals surface area contributed by atoms with E-state index in [2.05, 4.69) is 15.7 Å². The predicted molar refractivity (Wildman–Crippen MR) is 122 cm³/mol. The molecule has 2 aromatic carbocycles. The molecule has 0 spiro atoms. The maximum Gasteiger partial charge on any atom is 0.251 e. The second-order valence-corrected chi connectivity index (χ2v) is 8.18. The van der Waals surface area contributed by atoms with E-state index in [4.69, 9.17) is 0 Å². The van der Waals surface area contributed by atoms with Crippen molar-refractivity contribution in [2.75, 3.05) is 0 Å². The molecule has 6 nitrogen and oxygen atoms in total. The fraction of sp³-hybridized carbons (Fsp3) is 0.320. The molecule has 1 unspecified atom stereocenters. The van der Waals surface area contributed by atoms with Crippen LogP contribution in [-0.2, 0) is 11.3 Å². The summed E-state index contributed by atoms with van der Waals surface area (Å²) in [6, 6.07) is 16.6. The highest BCUT2D eigenvalue weighted by Gasteiger charge is 2.25. The van der Waals surface area contributed by atoms with Crippen LogP contribution in [0.5, 0.6) is 0 Å². The number of hydrogen-bond donors (Lipinski definition) is 2. The fourth-order valence-corrected chi connectivity index (χ4v) is 3.58. The molecule has 0 saturated carbocycles. The molecule has 162 valence electrons. The Morgan fingerprint density at radius 1 is 1.00 bits per heavy atom. The average Bonchev–Trinajstić information content (AvgIpc) is 3.04. The fourth-order valence-electron chi connectivity index (χ4n) is 3.58. The molecule has 0 radical (unpaired) electrons. The molecular weight excluding hydrogens is 388 g/mol. The van der Waals surface area contributed by atoms with E-state index in [0.29, 0.717) is 12.1 Å². The van der Waals surface area contributed by atoms with Gasteiger partial charge in [0.15, 0.2) is 0 Å². The van der Waals surface area contributed by atoms with E-state index < -0.39 is 6.04 Å². The van der Waals surface area contributed by atoms with Crippen molar-refractivity contribution in [3.05, 3.63) is 82.7 Å². The number of aromatic nitrogens is 2. The molecule has 1 aromatic heterocycles. The van der Waals surface area contributed by atoms with Gasteiger partial charge in [-0.1, -0.05) is 49.7 Å². The topological polar surface area (TPSA) is 76.0 Å². The Morgan fingerprint density at radius 3 is 2.35 bits per heavy atom. The lowest BCUT2D eigenvalue weighted by Gasteiger charge is -2.22. The van der Waals surface area contributed by atoms with Crippen molar-refractivity contribution < 1.29 is 9.59 Å². The number of carbonyl (C=O) groups is 2. The van der Waals surface area contributed by atoms with Gasteiger partial charge in [0.25, 0.3) is 5.91 Å². The standard InChI is InChI=1S/C25H30N4O2/c1-16(2)23(27-24(30)20-11-9-10-17(3)14-20)25(31)26-15-22-18(4)28-29(19(22)5)21-12-7-6-8-13-21/h6-14,16,23H,15H2,1-5H3,(H,26,31)(H,27,30). The van der Waals surface area contributed by atoms with Crippen LogP contribution in [0.2, 0.25) is 0 Å². The van der Waals surface area contributed by atoms with Gasteiger partial charge in [-0.25, -0.2) is 4.68 Å². The maximum absolute atomic E-state index is 12.9. The Balaban J connectivity index is 1.71. The molecule has 2 N–H and O–H groups in total. The van der Waals surface area contributed by atoms with Crippen LogP contribution in [0.25, 0.3) is 5.69 Å². The summed E-state index contributed by atoms with van der Waals surface area (Å²) in [5.74, 6) is -0.507. The average molecular weight is 419 g/mol. The van der Waals surface area contributed by atoms with Gasteiger partial charge in [0.2, 0.25) is 5.91 Å². The Labute approximate surface area is 183 Å². The van der Waals surface area contributed by atoms with Crippen molar-refractivity contribution in [3.8, 4) is 5.69 Å². The summed E-state index contributed by atoms with van der Waals surface area (Å²) in [7, 11) is 0. The number of rotatable bonds is 7. The number of para-hydroxylation sites is 1. The lowest BCUT2D eigenvalue weighted by atomic mass is 10.0. The zero-order chi connectivity index (χ0) is 22.5. The van der Waals surface area contributed by atoms with Gasteiger partial charge in [-0.05, 0) is 51.0 Å². The molecule has 0 aliphatic rings. The minimum absolute atomic E-state index is 0.0528. The lowest BCUT2D eigenvalue weighted by molar-refractivity contribution is -0.124. The molecule has 3 aromatic rings. The minimum atomic E-state index is -0.627. The van der Waals surface area contributed by atoms with Gasteiger partial charge in [0, 0.05) is 23.4 Å². The Kier molecular flexibility index (Phi) is 6.90. The third-order valence-electron chi connectivity index (χ3n) is 5.40. The molecule has 6 heteroatoms. The summed E-state index contributed by atoms with van der Waals surface area (Å²) in [6.07, 6.45) is 0. The summed E-state index contributed by atoms with van der Waals surface area (Å²) < 4.78 is 1.89. The molecule has 0 aliphatic carbocycles. The van der Waals surface area contributed by atoms with Gasteiger partial charge in [-0.2, -0.15) is 5.10 Å². The first kappa shape index (κ1) is 22.3. The summed E-state index contributed by atoms with van der Waals surface area (Å²) in [5, 5.41) is 10.5. The van der Waals surface area contributed by atoms with E-state index in [1.165, 1.54) is 0 Å². The van der Waals surface area contributed by atoms with Gasteiger partial charge < -0.3 is 10.6 Å². The van der Waals surface area contributed by atoms with Crippen LogP contribution in [-0.4, -0.2) is 27.6 Å². The first-order chi connectivity index (χ1) is 14.8. The molecular formula is C25H30N4O2. The van der Waals surface area contributed by atoms with Crippen molar-refractivity contribution in [2.45, 2.75) is 47.2 Å². The Morgan fingerprint density at radius 2 is 1.71 bits per heavy atom. The van der Waals surface area contributed by atoms with Crippen LogP contribution >= 0.6 is 0 Å². The molecule has 1 atom stereocenters. The molecule has 31 heavy (non-hydrogen) atoms. The van der Waals surface area contributed by atoms with Crippen LogP contribution in [0, 0.1) is 26.7 Å². The second-order valence-electron chi connectivity index (χ2n) is 8.18. The molecule has 0 saturated heterocycles. The highest BCUT2D eigenvalue weighted by Crippen LogP contribution is 2.18. The lowest BCUT2D eigenvalue weighted by Crippen LogP contribution is -2.49. The van der Waals surface area contributed by atoms with Crippen LogP contribution in [0.15, 0.2) is 54.6 Å². The van der Waals surface area contributed by atoms with Gasteiger partial charge in [-0.15, -0.1) is 0 Å². The summed E-state index contributed by atoms with van der Waals surface area (Å²) in [5.41, 5.74) is 5.35. The van der Waals surface area contributed by atoms with Crippen LogP contribution in [0.4, 0.5) is 0 Å². The maximum atomic E-state index is 12.9. The first-order valence-electron chi connectivity index (χ1n) is 10.5. The molecule has 0 fully saturated rings. The minimum Gasteiger partial charge on any atom is -0.350 e. The highest BCUT2D eigenvalue weighted by atomic mass is 16.2. The van der Waals surface area contributed by atoms with Gasteiger partial charge in [0.1, 0.15) is 6.04 Å². The van der Waals surface area contributed by atoms with Crippen molar-refractivity contribution >= 4 is 11.8 Å². The number of nitrogens with one attached hydrogen (secondary N) is 2. The van der Waals surface area contributed by atoms with Crippen molar-refractivity contribution in [1.29, 1.82) is 0 Å².